The molecular weight excluding hydrogens is 403 g/mol. The van der Waals surface area contributed by atoms with Gasteiger partial charge in [-0.05, 0) is 66.1 Å². The Bertz CT molecular complexity index is 1100. The van der Waals surface area contributed by atoms with E-state index < -0.39 is 6.17 Å². The molecule has 6 heteroatoms. The van der Waals surface area contributed by atoms with Gasteiger partial charge in [0.05, 0.1) is 11.4 Å². The lowest BCUT2D eigenvalue weighted by Gasteiger charge is -2.28. The number of halogens is 1. The summed E-state index contributed by atoms with van der Waals surface area (Å²) in [5, 5.41) is 3.40. The van der Waals surface area contributed by atoms with E-state index >= 15 is 0 Å². The highest BCUT2D eigenvalue weighted by Gasteiger charge is 2.39. The van der Waals surface area contributed by atoms with Gasteiger partial charge in [0.2, 0.25) is 0 Å². The first-order valence-electron chi connectivity index (χ1n) is 11.0. The average Bonchev–Trinajstić information content (AvgIpc) is 3.45. The second kappa shape index (κ2) is 8.19. The van der Waals surface area contributed by atoms with Gasteiger partial charge in [0.15, 0.2) is 6.17 Å². The molecule has 0 radical (unpaired) electrons. The summed E-state index contributed by atoms with van der Waals surface area (Å²) >= 11 is 0. The molecule has 5 rings (SSSR count). The van der Waals surface area contributed by atoms with Crippen LogP contribution in [0.15, 0.2) is 78.7 Å². The number of benzene rings is 2. The van der Waals surface area contributed by atoms with E-state index in [1.165, 1.54) is 23.4 Å². The van der Waals surface area contributed by atoms with Gasteiger partial charge in [-0.1, -0.05) is 18.2 Å². The molecular formula is C26H27FN4O. The van der Waals surface area contributed by atoms with E-state index in [4.69, 9.17) is 0 Å². The average molecular weight is 431 g/mol. The molecule has 0 spiro atoms. The molecule has 3 aliphatic rings. The van der Waals surface area contributed by atoms with Gasteiger partial charge in [-0.25, -0.2) is 4.39 Å². The highest BCUT2D eigenvalue weighted by molar-refractivity contribution is 5.88. The Hall–Kier alpha value is -3.54. The van der Waals surface area contributed by atoms with Crippen LogP contribution >= 0.6 is 0 Å². The summed E-state index contributed by atoms with van der Waals surface area (Å²) in [5.41, 5.74) is 5.08. The van der Waals surface area contributed by atoms with Gasteiger partial charge in [0.25, 0.3) is 5.91 Å². The number of amides is 1. The third-order valence-corrected chi connectivity index (χ3v) is 6.45. The van der Waals surface area contributed by atoms with Crippen LogP contribution in [0.3, 0.4) is 0 Å². The molecule has 1 N–H and O–H groups in total. The van der Waals surface area contributed by atoms with Crippen LogP contribution in [-0.2, 0) is 4.79 Å². The highest BCUT2D eigenvalue weighted by Crippen LogP contribution is 2.34. The number of nitrogens with one attached hydrogen (secondary N) is 1. The first kappa shape index (κ1) is 20.4. The second-order valence-corrected chi connectivity index (χ2v) is 8.68. The molecule has 2 atom stereocenters. The van der Waals surface area contributed by atoms with Crippen LogP contribution in [0.25, 0.3) is 5.70 Å². The number of anilines is 1. The molecule has 32 heavy (non-hydrogen) atoms. The van der Waals surface area contributed by atoms with Gasteiger partial charge in [0.1, 0.15) is 5.82 Å². The van der Waals surface area contributed by atoms with Crippen LogP contribution in [0.1, 0.15) is 23.5 Å². The van der Waals surface area contributed by atoms with Crippen molar-refractivity contribution in [2.75, 3.05) is 32.1 Å². The Labute approximate surface area is 188 Å². The molecule has 2 unspecified atom stereocenters. The maximum Gasteiger partial charge on any atom is 0.266 e. The smallest absolute Gasteiger partial charge is 0.266 e. The van der Waals surface area contributed by atoms with Gasteiger partial charge in [-0.2, -0.15) is 0 Å². The summed E-state index contributed by atoms with van der Waals surface area (Å²) in [6.45, 7) is 1.46. The topological polar surface area (TPSA) is 38.8 Å². The summed E-state index contributed by atoms with van der Waals surface area (Å²) in [4.78, 5) is 19.5. The third kappa shape index (κ3) is 3.66. The minimum absolute atomic E-state index is 0.0620. The molecule has 0 saturated carbocycles. The van der Waals surface area contributed by atoms with E-state index in [0.29, 0.717) is 12.5 Å². The minimum Gasteiger partial charge on any atom is -0.378 e. The van der Waals surface area contributed by atoms with E-state index in [2.05, 4.69) is 34.5 Å². The number of likely N-dealkylation sites (tertiary alicyclic amines) is 1. The Morgan fingerprint density at radius 1 is 1.06 bits per heavy atom. The van der Waals surface area contributed by atoms with E-state index in [1.54, 1.807) is 12.1 Å². The Morgan fingerprint density at radius 2 is 1.81 bits per heavy atom. The lowest BCUT2D eigenvalue weighted by Crippen LogP contribution is -2.49. The van der Waals surface area contributed by atoms with E-state index in [-0.39, 0.29) is 11.7 Å². The van der Waals surface area contributed by atoms with Gasteiger partial charge >= 0.3 is 0 Å². The van der Waals surface area contributed by atoms with Crippen LogP contribution in [0, 0.1) is 5.82 Å². The zero-order valence-electron chi connectivity index (χ0n) is 18.3. The molecule has 2 aromatic rings. The number of carbonyl (C=O) groups is 1. The molecule has 1 fully saturated rings. The van der Waals surface area contributed by atoms with Crippen molar-refractivity contribution in [1.29, 1.82) is 0 Å². The van der Waals surface area contributed by atoms with Crippen molar-refractivity contribution in [3.8, 4) is 0 Å². The fourth-order valence-electron chi connectivity index (χ4n) is 4.65. The number of hydrogen-bond acceptors (Lipinski definition) is 4. The second-order valence-electron chi connectivity index (χ2n) is 8.68. The Balaban J connectivity index is 1.32. The van der Waals surface area contributed by atoms with Crippen molar-refractivity contribution in [1.82, 2.24) is 15.1 Å². The van der Waals surface area contributed by atoms with Crippen molar-refractivity contribution < 1.29 is 9.18 Å². The van der Waals surface area contributed by atoms with Crippen LogP contribution < -0.4 is 10.2 Å². The first-order valence-corrected chi connectivity index (χ1v) is 11.0. The Morgan fingerprint density at radius 3 is 2.53 bits per heavy atom. The number of fused-ring (bicyclic) bond motifs is 1. The van der Waals surface area contributed by atoms with Gasteiger partial charge in [-0.15, -0.1) is 0 Å². The van der Waals surface area contributed by atoms with E-state index in [9.17, 15) is 9.18 Å². The maximum atomic E-state index is 13.5. The first-order chi connectivity index (χ1) is 15.5. The van der Waals surface area contributed by atoms with Crippen molar-refractivity contribution in [3.63, 3.8) is 0 Å². The van der Waals surface area contributed by atoms with Crippen LogP contribution in [0.5, 0.6) is 0 Å². The fraction of sp³-hybridized carbons (Fsp3) is 0.269. The van der Waals surface area contributed by atoms with E-state index in [1.807, 2.05) is 48.3 Å². The standard InChI is InChI=1S/C26H27FN4O/c1-29(2)22-12-8-18(9-13-22)20-14-16-30(17-20)26(32)25-28-24(19-6-10-21(27)11-7-19)23-5-3-4-15-31(23)25/h3-13,15,20,25,28H,14,16-17H2,1-2H3. The SMILES string of the molecule is CN(C)c1ccc(C2CCN(C(=O)C3NC(c4ccc(F)cc4)=C4C=CC=CN43)C2)cc1. The van der Waals surface area contributed by atoms with Gasteiger partial charge in [-0.3, -0.25) is 4.79 Å². The van der Waals surface area contributed by atoms with Crippen molar-refractivity contribution in [3.05, 3.63) is 95.6 Å². The number of carbonyl (C=O) groups excluding carboxylic acids is 1. The maximum absolute atomic E-state index is 13.5. The number of hydrogen-bond donors (Lipinski definition) is 1. The van der Waals surface area contributed by atoms with Crippen molar-refractivity contribution >= 4 is 17.3 Å². The van der Waals surface area contributed by atoms with Crippen molar-refractivity contribution in [2.24, 2.45) is 0 Å². The molecule has 0 bridgehead atoms. The number of nitrogens with zero attached hydrogens (tertiary/aromatic N) is 3. The highest BCUT2D eigenvalue weighted by atomic mass is 19.1. The molecule has 164 valence electrons. The fourth-order valence-corrected chi connectivity index (χ4v) is 4.65. The third-order valence-electron chi connectivity index (χ3n) is 6.45. The largest absolute Gasteiger partial charge is 0.378 e. The molecule has 2 aromatic carbocycles. The molecule has 5 nitrogen and oxygen atoms in total. The summed E-state index contributed by atoms with van der Waals surface area (Å²) < 4.78 is 13.4. The van der Waals surface area contributed by atoms with Crippen molar-refractivity contribution in [2.45, 2.75) is 18.5 Å². The summed E-state index contributed by atoms with van der Waals surface area (Å²) in [6, 6.07) is 15.0. The molecule has 3 aliphatic heterocycles. The summed E-state index contributed by atoms with van der Waals surface area (Å²) in [7, 11) is 4.07. The van der Waals surface area contributed by atoms with Crippen LogP contribution in [0.2, 0.25) is 0 Å². The number of allylic oxidation sites excluding steroid dienone is 3. The molecule has 0 aliphatic carbocycles. The summed E-state index contributed by atoms with van der Waals surface area (Å²) in [5.74, 6) is 0.131. The molecule has 0 aromatic heterocycles. The quantitative estimate of drug-likeness (QED) is 0.799. The lowest BCUT2D eigenvalue weighted by atomic mass is 9.98. The minimum atomic E-state index is -0.499. The van der Waals surface area contributed by atoms with Crippen LogP contribution in [0.4, 0.5) is 10.1 Å². The molecule has 3 heterocycles. The zero-order valence-corrected chi connectivity index (χ0v) is 18.3. The predicted molar refractivity (Wildman–Crippen MR) is 125 cm³/mol. The normalized spacial score (nSPS) is 21.7. The monoisotopic (exact) mass is 430 g/mol. The number of rotatable bonds is 4. The summed E-state index contributed by atoms with van der Waals surface area (Å²) in [6.07, 6.45) is 8.25. The molecule has 1 amide bonds. The van der Waals surface area contributed by atoms with Crippen LogP contribution in [-0.4, -0.2) is 49.1 Å². The predicted octanol–water partition coefficient (Wildman–Crippen LogP) is 3.89. The molecule has 1 saturated heterocycles. The Kier molecular flexibility index (Phi) is 5.21. The zero-order chi connectivity index (χ0) is 22.2. The lowest BCUT2D eigenvalue weighted by molar-refractivity contribution is -0.134. The van der Waals surface area contributed by atoms with Gasteiger partial charge < -0.3 is 20.0 Å². The van der Waals surface area contributed by atoms with E-state index in [0.717, 1.165) is 29.9 Å². The van der Waals surface area contributed by atoms with Gasteiger partial charge in [0, 0.05) is 45.0 Å².